The van der Waals surface area contributed by atoms with Gasteiger partial charge in [0.1, 0.15) is 11.6 Å². The van der Waals surface area contributed by atoms with E-state index in [1.165, 1.54) is 6.07 Å². The van der Waals surface area contributed by atoms with Crippen molar-refractivity contribution in [3.63, 3.8) is 0 Å². The molecule has 0 aliphatic heterocycles. The van der Waals surface area contributed by atoms with Crippen LogP contribution in [0.2, 0.25) is 0 Å². The van der Waals surface area contributed by atoms with Crippen LogP contribution >= 0.6 is 22.6 Å². The summed E-state index contributed by atoms with van der Waals surface area (Å²) in [5.74, 6) is -0.741. The molecule has 84 valence electrons. The van der Waals surface area contributed by atoms with E-state index in [9.17, 15) is 9.50 Å². The summed E-state index contributed by atoms with van der Waals surface area (Å²) < 4.78 is 13.3. The van der Waals surface area contributed by atoms with Crippen molar-refractivity contribution in [1.29, 1.82) is 0 Å². The van der Waals surface area contributed by atoms with Crippen LogP contribution in [0.15, 0.2) is 12.1 Å². The SMILES string of the molecule is OCC(O)CNc1c(O)cc(F)cc1I. The molecule has 4 N–H and O–H groups in total. The molecule has 1 rings (SSSR count). The zero-order valence-electron chi connectivity index (χ0n) is 7.74. The summed E-state index contributed by atoms with van der Waals surface area (Å²) in [6.45, 7) is -0.281. The van der Waals surface area contributed by atoms with E-state index in [2.05, 4.69) is 5.32 Å². The average molecular weight is 327 g/mol. The van der Waals surface area contributed by atoms with E-state index >= 15 is 0 Å². The van der Waals surface area contributed by atoms with Gasteiger partial charge in [-0.25, -0.2) is 4.39 Å². The van der Waals surface area contributed by atoms with E-state index in [-0.39, 0.29) is 18.9 Å². The Labute approximate surface area is 99.9 Å². The number of aromatic hydroxyl groups is 1. The topological polar surface area (TPSA) is 72.7 Å². The molecule has 0 amide bonds. The maximum absolute atomic E-state index is 12.8. The number of anilines is 1. The van der Waals surface area contributed by atoms with Crippen molar-refractivity contribution in [3.05, 3.63) is 21.5 Å². The Kier molecular flexibility index (Phi) is 4.55. The maximum atomic E-state index is 12.8. The molecule has 1 atom stereocenters. The summed E-state index contributed by atoms with van der Waals surface area (Å²) in [5.41, 5.74) is 0.351. The van der Waals surface area contributed by atoms with E-state index in [0.29, 0.717) is 9.26 Å². The number of halogens is 2. The third-order valence-corrected chi connectivity index (χ3v) is 2.61. The van der Waals surface area contributed by atoms with Crippen LogP contribution in [-0.4, -0.2) is 34.6 Å². The second kappa shape index (κ2) is 5.47. The van der Waals surface area contributed by atoms with Crippen molar-refractivity contribution < 1.29 is 19.7 Å². The molecule has 0 aliphatic carbocycles. The largest absolute Gasteiger partial charge is 0.506 e. The molecule has 0 aromatic heterocycles. The molecule has 0 aliphatic rings. The molecular formula is C9H11FINO3. The number of aliphatic hydroxyl groups excluding tert-OH is 2. The third kappa shape index (κ3) is 3.47. The van der Waals surface area contributed by atoms with Gasteiger partial charge in [-0.15, -0.1) is 0 Å². The van der Waals surface area contributed by atoms with E-state index in [4.69, 9.17) is 10.2 Å². The Bertz CT molecular complexity index is 325. The lowest BCUT2D eigenvalue weighted by molar-refractivity contribution is 0.105. The minimum atomic E-state index is -0.912. The lowest BCUT2D eigenvalue weighted by Gasteiger charge is -2.13. The highest BCUT2D eigenvalue weighted by Crippen LogP contribution is 2.29. The maximum Gasteiger partial charge on any atom is 0.142 e. The van der Waals surface area contributed by atoms with E-state index < -0.39 is 11.9 Å². The molecule has 0 saturated carbocycles. The van der Waals surface area contributed by atoms with Crippen LogP contribution in [0.3, 0.4) is 0 Å². The molecule has 0 bridgehead atoms. The molecule has 0 spiro atoms. The van der Waals surface area contributed by atoms with E-state index in [0.717, 1.165) is 6.07 Å². The molecule has 15 heavy (non-hydrogen) atoms. The fourth-order valence-corrected chi connectivity index (χ4v) is 1.78. The van der Waals surface area contributed by atoms with Gasteiger partial charge in [0.2, 0.25) is 0 Å². The van der Waals surface area contributed by atoms with Gasteiger partial charge in [-0.1, -0.05) is 0 Å². The van der Waals surface area contributed by atoms with Crippen molar-refractivity contribution in [1.82, 2.24) is 0 Å². The van der Waals surface area contributed by atoms with Crippen molar-refractivity contribution in [2.45, 2.75) is 6.10 Å². The monoisotopic (exact) mass is 327 g/mol. The van der Waals surface area contributed by atoms with Gasteiger partial charge in [0.15, 0.2) is 0 Å². The first kappa shape index (κ1) is 12.5. The number of aliphatic hydroxyl groups is 2. The van der Waals surface area contributed by atoms with Crippen molar-refractivity contribution >= 4 is 28.3 Å². The van der Waals surface area contributed by atoms with Gasteiger partial charge in [-0.05, 0) is 28.7 Å². The van der Waals surface area contributed by atoms with Gasteiger partial charge in [0.25, 0.3) is 0 Å². The van der Waals surface area contributed by atoms with Gasteiger partial charge in [0.05, 0.1) is 18.4 Å². The predicted octanol–water partition coefficient (Wildman–Crippen LogP) is 0.901. The van der Waals surface area contributed by atoms with Crippen LogP contribution in [0.5, 0.6) is 5.75 Å². The summed E-state index contributed by atoms with van der Waals surface area (Å²) in [6, 6.07) is 2.24. The molecule has 1 aromatic rings. The van der Waals surface area contributed by atoms with Crippen LogP contribution in [0.1, 0.15) is 0 Å². The van der Waals surface area contributed by atoms with Crippen LogP contribution in [0, 0.1) is 9.39 Å². The van der Waals surface area contributed by atoms with Crippen molar-refractivity contribution in [3.8, 4) is 5.75 Å². The number of hydrogen-bond donors (Lipinski definition) is 4. The normalized spacial score (nSPS) is 12.5. The molecule has 0 saturated heterocycles. The minimum absolute atomic E-state index is 0.0890. The Hall–Kier alpha value is -0.600. The van der Waals surface area contributed by atoms with E-state index in [1.54, 1.807) is 0 Å². The summed E-state index contributed by atoms with van der Waals surface area (Å²) in [4.78, 5) is 0. The van der Waals surface area contributed by atoms with Gasteiger partial charge < -0.3 is 20.6 Å². The summed E-state index contributed by atoms with van der Waals surface area (Å²) in [5, 5.41) is 29.8. The van der Waals surface area contributed by atoms with E-state index in [1.807, 2.05) is 22.6 Å². The minimum Gasteiger partial charge on any atom is -0.506 e. The standard InChI is InChI=1S/C9H11FINO3/c10-5-1-7(11)9(8(15)2-5)12-3-6(14)4-13/h1-2,6,12-15H,3-4H2. The first-order chi connectivity index (χ1) is 7.04. The lowest BCUT2D eigenvalue weighted by Crippen LogP contribution is -2.23. The predicted molar refractivity (Wildman–Crippen MR) is 62.4 cm³/mol. The molecule has 1 aromatic carbocycles. The fraction of sp³-hybridized carbons (Fsp3) is 0.333. The van der Waals surface area contributed by atoms with Crippen LogP contribution in [0.4, 0.5) is 10.1 Å². The number of phenolic OH excluding ortho intramolecular Hbond substituents is 1. The van der Waals surface area contributed by atoms with Gasteiger partial charge in [-0.3, -0.25) is 0 Å². The first-order valence-corrected chi connectivity index (χ1v) is 5.33. The second-order valence-corrected chi connectivity index (χ2v) is 4.16. The molecule has 6 heteroatoms. The van der Waals surface area contributed by atoms with Crippen LogP contribution < -0.4 is 5.32 Å². The smallest absolute Gasteiger partial charge is 0.142 e. The molecule has 1 unspecified atom stereocenters. The van der Waals surface area contributed by atoms with Gasteiger partial charge in [0, 0.05) is 16.2 Å². The van der Waals surface area contributed by atoms with Crippen molar-refractivity contribution in [2.24, 2.45) is 0 Å². The Morgan fingerprint density at radius 2 is 2.13 bits per heavy atom. The Morgan fingerprint density at radius 1 is 1.47 bits per heavy atom. The lowest BCUT2D eigenvalue weighted by atomic mass is 10.2. The quantitative estimate of drug-likeness (QED) is 0.490. The summed E-state index contributed by atoms with van der Waals surface area (Å²) >= 11 is 1.86. The zero-order valence-corrected chi connectivity index (χ0v) is 9.90. The summed E-state index contributed by atoms with van der Waals surface area (Å²) in [6.07, 6.45) is -0.912. The summed E-state index contributed by atoms with van der Waals surface area (Å²) in [7, 11) is 0. The molecule has 0 fully saturated rings. The number of rotatable bonds is 4. The van der Waals surface area contributed by atoms with Gasteiger partial charge >= 0.3 is 0 Å². The highest BCUT2D eigenvalue weighted by Gasteiger charge is 2.10. The zero-order chi connectivity index (χ0) is 11.4. The Balaban J connectivity index is 2.77. The fourth-order valence-electron chi connectivity index (χ4n) is 1.02. The average Bonchev–Trinajstić information content (AvgIpc) is 2.15. The highest BCUT2D eigenvalue weighted by atomic mass is 127. The van der Waals surface area contributed by atoms with Gasteiger partial charge in [-0.2, -0.15) is 0 Å². The first-order valence-electron chi connectivity index (χ1n) is 4.25. The second-order valence-electron chi connectivity index (χ2n) is 3.00. The van der Waals surface area contributed by atoms with Crippen LogP contribution in [0.25, 0.3) is 0 Å². The number of hydrogen-bond acceptors (Lipinski definition) is 4. The Morgan fingerprint density at radius 3 is 2.67 bits per heavy atom. The highest BCUT2D eigenvalue weighted by molar-refractivity contribution is 14.1. The molecule has 0 radical (unpaired) electrons. The molecule has 0 heterocycles. The third-order valence-electron chi connectivity index (χ3n) is 1.76. The van der Waals surface area contributed by atoms with Crippen LogP contribution in [-0.2, 0) is 0 Å². The number of benzene rings is 1. The molecular weight excluding hydrogens is 316 g/mol. The number of phenols is 1. The molecule has 4 nitrogen and oxygen atoms in total. The van der Waals surface area contributed by atoms with Crippen molar-refractivity contribution in [2.75, 3.05) is 18.5 Å². The number of nitrogens with one attached hydrogen (secondary N) is 1.